The molecular formula is C18H22N2O4. The van der Waals surface area contributed by atoms with E-state index >= 15 is 0 Å². The zero-order valence-electron chi connectivity index (χ0n) is 14.0. The first-order valence-electron chi connectivity index (χ1n) is 8.14. The highest BCUT2D eigenvalue weighted by molar-refractivity contribution is 6.01. The summed E-state index contributed by atoms with van der Waals surface area (Å²) in [6.07, 6.45) is 0.690. The van der Waals surface area contributed by atoms with E-state index in [1.165, 1.54) is 0 Å². The van der Waals surface area contributed by atoms with Gasteiger partial charge < -0.3 is 19.7 Å². The molecule has 0 radical (unpaired) electrons. The maximum atomic E-state index is 12.3. The van der Waals surface area contributed by atoms with Crippen molar-refractivity contribution in [3.05, 3.63) is 30.4 Å². The van der Waals surface area contributed by atoms with Gasteiger partial charge in [-0.1, -0.05) is 12.2 Å². The normalized spacial score (nSPS) is 22.8. The van der Waals surface area contributed by atoms with E-state index in [0.29, 0.717) is 30.3 Å². The molecule has 2 aliphatic heterocycles. The van der Waals surface area contributed by atoms with E-state index in [0.717, 1.165) is 18.4 Å². The number of ether oxygens (including phenoxy) is 2. The van der Waals surface area contributed by atoms with Gasteiger partial charge in [0.15, 0.2) is 6.10 Å². The summed E-state index contributed by atoms with van der Waals surface area (Å²) in [6, 6.07) is 5.30. The maximum Gasteiger partial charge on any atom is 0.268 e. The lowest BCUT2D eigenvalue weighted by Crippen LogP contribution is -2.45. The summed E-state index contributed by atoms with van der Waals surface area (Å²) < 4.78 is 11.1. The Morgan fingerprint density at radius 1 is 1.46 bits per heavy atom. The molecule has 0 aromatic heterocycles. The second kappa shape index (κ2) is 6.65. The summed E-state index contributed by atoms with van der Waals surface area (Å²) in [5.74, 6) is 0.335. The average Bonchev–Trinajstić information content (AvgIpc) is 3.06. The van der Waals surface area contributed by atoms with Crippen LogP contribution in [0.5, 0.6) is 5.75 Å². The second-order valence-electron chi connectivity index (χ2n) is 6.31. The lowest BCUT2D eigenvalue weighted by Gasteiger charge is -2.33. The number of nitrogens with one attached hydrogen (secondary N) is 1. The van der Waals surface area contributed by atoms with Crippen LogP contribution in [-0.2, 0) is 14.3 Å². The summed E-state index contributed by atoms with van der Waals surface area (Å²) in [7, 11) is 0. The third-order valence-electron chi connectivity index (χ3n) is 4.09. The van der Waals surface area contributed by atoms with Crippen LogP contribution in [-0.4, -0.2) is 37.2 Å². The van der Waals surface area contributed by atoms with Crippen LogP contribution in [0.3, 0.4) is 0 Å². The molecule has 1 saturated heterocycles. The van der Waals surface area contributed by atoms with E-state index in [4.69, 9.17) is 9.47 Å². The van der Waals surface area contributed by atoms with Crippen molar-refractivity contribution in [1.82, 2.24) is 0 Å². The lowest BCUT2D eigenvalue weighted by atomic mass is 10.1. The van der Waals surface area contributed by atoms with E-state index < -0.39 is 6.10 Å². The summed E-state index contributed by atoms with van der Waals surface area (Å²) >= 11 is 0. The van der Waals surface area contributed by atoms with Crippen LogP contribution >= 0.6 is 0 Å². The maximum absolute atomic E-state index is 12.3. The number of carbonyl (C=O) groups is 2. The number of fused-ring (bicyclic) bond motifs is 1. The van der Waals surface area contributed by atoms with E-state index in [1.54, 1.807) is 30.0 Å². The van der Waals surface area contributed by atoms with Gasteiger partial charge in [0.25, 0.3) is 11.8 Å². The zero-order chi connectivity index (χ0) is 17.3. The van der Waals surface area contributed by atoms with Gasteiger partial charge in [-0.25, -0.2) is 0 Å². The van der Waals surface area contributed by atoms with Gasteiger partial charge in [-0.05, 0) is 38.8 Å². The first-order chi connectivity index (χ1) is 11.5. The van der Waals surface area contributed by atoms with Crippen molar-refractivity contribution >= 4 is 23.2 Å². The number of anilines is 2. The van der Waals surface area contributed by atoms with Gasteiger partial charge in [0, 0.05) is 24.9 Å². The number of benzene rings is 1. The standard InChI is InChI=1S/C18H22N2O4/c1-11(2)10-20-14-7-6-13(9-16(14)24-12(3)18(20)22)19-17(21)15-5-4-8-23-15/h6-7,9,12,15H,1,4-5,8,10H2,2-3H3,(H,19,21). The topological polar surface area (TPSA) is 67.9 Å². The molecule has 0 bridgehead atoms. The van der Waals surface area contributed by atoms with Crippen molar-refractivity contribution in [2.24, 2.45) is 0 Å². The van der Waals surface area contributed by atoms with Crippen LogP contribution in [0, 0.1) is 0 Å². The predicted molar refractivity (Wildman–Crippen MR) is 91.3 cm³/mol. The van der Waals surface area contributed by atoms with Gasteiger partial charge in [-0.3, -0.25) is 9.59 Å². The van der Waals surface area contributed by atoms with E-state index in [9.17, 15) is 9.59 Å². The van der Waals surface area contributed by atoms with Crippen LogP contribution in [0.15, 0.2) is 30.4 Å². The SMILES string of the molecule is C=C(C)CN1C(=O)C(C)Oc2cc(NC(=O)C3CCCO3)ccc21. The molecule has 2 aliphatic rings. The highest BCUT2D eigenvalue weighted by Gasteiger charge is 2.32. The molecule has 2 heterocycles. The number of hydrogen-bond donors (Lipinski definition) is 1. The van der Waals surface area contributed by atoms with E-state index in [-0.39, 0.29) is 17.9 Å². The molecule has 6 heteroatoms. The first kappa shape index (κ1) is 16.5. The molecule has 1 aromatic carbocycles. The van der Waals surface area contributed by atoms with Gasteiger partial charge in [-0.15, -0.1) is 0 Å². The molecule has 24 heavy (non-hydrogen) atoms. The van der Waals surface area contributed by atoms with E-state index in [1.807, 2.05) is 6.92 Å². The minimum absolute atomic E-state index is 0.0957. The minimum Gasteiger partial charge on any atom is -0.479 e. The summed E-state index contributed by atoms with van der Waals surface area (Å²) in [5.41, 5.74) is 2.21. The number of amides is 2. The van der Waals surface area contributed by atoms with Crippen molar-refractivity contribution < 1.29 is 19.1 Å². The Labute approximate surface area is 141 Å². The fourth-order valence-electron chi connectivity index (χ4n) is 2.93. The highest BCUT2D eigenvalue weighted by atomic mass is 16.5. The first-order valence-corrected chi connectivity index (χ1v) is 8.14. The van der Waals surface area contributed by atoms with Crippen LogP contribution < -0.4 is 15.0 Å². The molecule has 1 fully saturated rings. The van der Waals surface area contributed by atoms with E-state index in [2.05, 4.69) is 11.9 Å². The molecule has 6 nitrogen and oxygen atoms in total. The summed E-state index contributed by atoms with van der Waals surface area (Å²) in [6.45, 7) is 8.54. The molecule has 2 amide bonds. The van der Waals surface area contributed by atoms with Gasteiger partial charge in [0.2, 0.25) is 0 Å². The Kier molecular flexibility index (Phi) is 4.57. The van der Waals surface area contributed by atoms with Gasteiger partial charge >= 0.3 is 0 Å². The molecule has 0 saturated carbocycles. The monoisotopic (exact) mass is 330 g/mol. The average molecular weight is 330 g/mol. The quantitative estimate of drug-likeness (QED) is 0.861. The number of nitrogens with zero attached hydrogens (tertiary/aromatic N) is 1. The smallest absolute Gasteiger partial charge is 0.268 e. The summed E-state index contributed by atoms with van der Waals surface area (Å²) in [5, 5.41) is 2.85. The molecular weight excluding hydrogens is 308 g/mol. The van der Waals surface area contributed by atoms with Crippen molar-refractivity contribution in [2.45, 2.75) is 38.9 Å². The van der Waals surface area contributed by atoms with Crippen molar-refractivity contribution in [2.75, 3.05) is 23.4 Å². The molecule has 3 rings (SSSR count). The highest BCUT2D eigenvalue weighted by Crippen LogP contribution is 2.36. The predicted octanol–water partition coefficient (Wildman–Crippen LogP) is 2.49. The van der Waals surface area contributed by atoms with Gasteiger partial charge in [-0.2, -0.15) is 0 Å². The fourth-order valence-corrected chi connectivity index (χ4v) is 2.93. The third-order valence-corrected chi connectivity index (χ3v) is 4.09. The van der Waals surface area contributed by atoms with Gasteiger partial charge in [0.05, 0.1) is 5.69 Å². The number of rotatable bonds is 4. The third kappa shape index (κ3) is 3.28. The van der Waals surface area contributed by atoms with Crippen molar-refractivity contribution in [3.63, 3.8) is 0 Å². The molecule has 1 aromatic rings. The molecule has 1 N–H and O–H groups in total. The Morgan fingerprint density at radius 2 is 2.25 bits per heavy atom. The minimum atomic E-state index is -0.569. The second-order valence-corrected chi connectivity index (χ2v) is 6.31. The largest absolute Gasteiger partial charge is 0.479 e. The summed E-state index contributed by atoms with van der Waals surface area (Å²) in [4.78, 5) is 26.2. The lowest BCUT2D eigenvalue weighted by molar-refractivity contribution is -0.125. The van der Waals surface area contributed by atoms with Crippen LogP contribution in [0.25, 0.3) is 0 Å². The number of carbonyl (C=O) groups excluding carboxylic acids is 2. The van der Waals surface area contributed by atoms with Crippen LogP contribution in [0.4, 0.5) is 11.4 Å². The van der Waals surface area contributed by atoms with Crippen molar-refractivity contribution in [3.8, 4) is 5.75 Å². The Morgan fingerprint density at radius 3 is 2.92 bits per heavy atom. The molecule has 128 valence electrons. The molecule has 0 spiro atoms. The van der Waals surface area contributed by atoms with Crippen LogP contribution in [0.1, 0.15) is 26.7 Å². The zero-order valence-corrected chi connectivity index (χ0v) is 14.0. The molecule has 2 unspecified atom stereocenters. The number of hydrogen-bond acceptors (Lipinski definition) is 4. The Hall–Kier alpha value is -2.34. The fraction of sp³-hybridized carbons (Fsp3) is 0.444. The molecule has 0 aliphatic carbocycles. The van der Waals surface area contributed by atoms with Crippen LogP contribution in [0.2, 0.25) is 0 Å². The van der Waals surface area contributed by atoms with Gasteiger partial charge in [0.1, 0.15) is 11.9 Å². The Balaban J connectivity index is 1.81. The van der Waals surface area contributed by atoms with Crippen molar-refractivity contribution in [1.29, 1.82) is 0 Å². The molecule has 2 atom stereocenters. The Bertz CT molecular complexity index is 680.